The van der Waals surface area contributed by atoms with Crippen molar-refractivity contribution in [3.63, 3.8) is 0 Å². The first-order valence-electron chi connectivity index (χ1n) is 14.7. The molecule has 7 rings (SSSR count). The Hall–Kier alpha value is -4.64. The molecular formula is C36H35N5O. The molecule has 1 aromatic heterocycles. The van der Waals surface area contributed by atoms with Gasteiger partial charge in [0.1, 0.15) is 11.2 Å². The summed E-state index contributed by atoms with van der Waals surface area (Å²) in [7, 11) is 2.16. The third kappa shape index (κ3) is 4.14. The fourth-order valence-electron chi connectivity index (χ4n) is 6.90. The van der Waals surface area contributed by atoms with Gasteiger partial charge in [0.2, 0.25) is 0 Å². The Labute approximate surface area is 246 Å². The zero-order valence-electron chi connectivity index (χ0n) is 24.4. The second-order valence-corrected chi connectivity index (χ2v) is 11.7. The third-order valence-corrected chi connectivity index (χ3v) is 9.27. The second-order valence-electron chi connectivity index (χ2n) is 11.7. The average molecular weight is 554 g/mol. The number of benzene rings is 4. The molecule has 0 amide bonds. The molecule has 0 aliphatic carbocycles. The molecule has 1 atom stereocenters. The lowest BCUT2D eigenvalue weighted by Crippen LogP contribution is -2.47. The molecule has 42 heavy (non-hydrogen) atoms. The smallest absolute Gasteiger partial charge is 0.152 e. The zero-order valence-corrected chi connectivity index (χ0v) is 24.4. The fourth-order valence-corrected chi connectivity index (χ4v) is 6.90. The van der Waals surface area contributed by atoms with Crippen LogP contribution >= 0.6 is 0 Å². The number of H-pyrrole nitrogens is 1. The summed E-state index contributed by atoms with van der Waals surface area (Å²) in [6.07, 6.45) is 1.75. The number of aryl methyl sites for hydroxylation is 1. The van der Waals surface area contributed by atoms with Crippen LogP contribution in [0.2, 0.25) is 0 Å². The summed E-state index contributed by atoms with van der Waals surface area (Å²) in [6.45, 7) is 8.42. The third-order valence-electron chi connectivity index (χ3n) is 9.27. The monoisotopic (exact) mass is 553 g/mol. The quantitative estimate of drug-likeness (QED) is 0.272. The van der Waals surface area contributed by atoms with Crippen molar-refractivity contribution < 1.29 is 4.79 Å². The maximum atomic E-state index is 13.2. The molecule has 1 N–H and O–H groups in total. The van der Waals surface area contributed by atoms with Crippen LogP contribution in [0.25, 0.3) is 27.1 Å². The van der Waals surface area contributed by atoms with Crippen LogP contribution in [0, 0.1) is 6.92 Å². The van der Waals surface area contributed by atoms with Crippen molar-refractivity contribution in [1.82, 2.24) is 24.7 Å². The molecule has 6 nitrogen and oxygen atoms in total. The van der Waals surface area contributed by atoms with Crippen LogP contribution < -0.4 is 0 Å². The number of aromatic nitrogens is 2. The van der Waals surface area contributed by atoms with Crippen molar-refractivity contribution in [2.45, 2.75) is 19.4 Å². The highest BCUT2D eigenvalue weighted by molar-refractivity contribution is 5.97. The molecule has 210 valence electrons. The Morgan fingerprint density at radius 3 is 2.31 bits per heavy atom. The highest BCUT2D eigenvalue weighted by atomic mass is 16.1. The van der Waals surface area contributed by atoms with Gasteiger partial charge in [-0.05, 0) is 59.6 Å². The molecule has 1 saturated heterocycles. The lowest BCUT2D eigenvalue weighted by molar-refractivity contribution is 0.176. The number of piperazine rings is 1. The fraction of sp³-hybridized carbons (Fsp3) is 0.250. The van der Waals surface area contributed by atoms with Crippen LogP contribution in [0.15, 0.2) is 103 Å². The van der Waals surface area contributed by atoms with E-state index in [0.29, 0.717) is 12.2 Å². The van der Waals surface area contributed by atoms with Crippen LogP contribution in [-0.2, 0) is 10.3 Å². The molecule has 1 fully saturated rings. The number of aromatic amines is 1. The molecule has 3 heterocycles. The van der Waals surface area contributed by atoms with E-state index in [-0.39, 0.29) is 0 Å². The lowest BCUT2D eigenvalue weighted by Gasteiger charge is -2.42. The molecule has 1 unspecified atom stereocenters. The van der Waals surface area contributed by atoms with Gasteiger partial charge in [-0.15, -0.1) is 0 Å². The maximum absolute atomic E-state index is 13.2. The van der Waals surface area contributed by atoms with Crippen molar-refractivity contribution in [2.75, 3.05) is 39.8 Å². The van der Waals surface area contributed by atoms with Crippen LogP contribution in [0.5, 0.6) is 0 Å². The number of likely N-dealkylation sites (N-methyl/N-ethyl adjacent to an activating group) is 1. The Bertz CT molecular complexity index is 1880. The zero-order chi connectivity index (χ0) is 28.8. The predicted octanol–water partition coefficient (Wildman–Crippen LogP) is 5.98. The second kappa shape index (κ2) is 10.3. The SMILES string of the molecule is Cc1[nH]cnc1C(C)(c1ccc2ccccc2c1)N1CC(c2cccc3ccccc23)=C(N2CCN(C)CC2)C1=C=O. The molecule has 2 aliphatic rings. The number of hydrogen-bond donors (Lipinski definition) is 1. The molecule has 0 radical (unpaired) electrons. The van der Waals surface area contributed by atoms with Gasteiger partial charge in [0.15, 0.2) is 5.94 Å². The van der Waals surface area contributed by atoms with E-state index in [1.165, 1.54) is 16.2 Å². The predicted molar refractivity (Wildman–Crippen MR) is 170 cm³/mol. The summed E-state index contributed by atoms with van der Waals surface area (Å²) in [5.41, 5.74) is 6.16. The number of fused-ring (bicyclic) bond motifs is 2. The highest BCUT2D eigenvalue weighted by Gasteiger charge is 2.46. The Kier molecular flexibility index (Phi) is 6.46. The van der Waals surface area contributed by atoms with Crippen LogP contribution in [-0.4, -0.2) is 70.4 Å². The molecule has 0 spiro atoms. The van der Waals surface area contributed by atoms with Gasteiger partial charge < -0.3 is 19.7 Å². The van der Waals surface area contributed by atoms with Crippen molar-refractivity contribution >= 4 is 33.1 Å². The van der Waals surface area contributed by atoms with Crippen LogP contribution in [0.1, 0.15) is 29.4 Å². The van der Waals surface area contributed by atoms with Crippen molar-refractivity contribution in [3.8, 4) is 0 Å². The number of carbonyl (C=O) groups excluding carboxylic acids is 1. The van der Waals surface area contributed by atoms with Gasteiger partial charge in [-0.25, -0.2) is 9.78 Å². The van der Waals surface area contributed by atoms with E-state index < -0.39 is 5.54 Å². The lowest BCUT2D eigenvalue weighted by atomic mass is 9.84. The summed E-state index contributed by atoms with van der Waals surface area (Å²) >= 11 is 0. The molecule has 2 aliphatic heterocycles. The van der Waals surface area contributed by atoms with Gasteiger partial charge in [0.05, 0.1) is 17.7 Å². The minimum Gasteiger partial charge on any atom is -0.366 e. The van der Waals surface area contributed by atoms with Crippen molar-refractivity contribution in [1.29, 1.82) is 0 Å². The molecule has 4 aromatic carbocycles. The van der Waals surface area contributed by atoms with Crippen LogP contribution in [0.3, 0.4) is 0 Å². The minimum atomic E-state index is -0.731. The maximum Gasteiger partial charge on any atom is 0.152 e. The molecule has 6 heteroatoms. The Balaban J connectivity index is 1.46. The van der Waals surface area contributed by atoms with E-state index >= 15 is 0 Å². The summed E-state index contributed by atoms with van der Waals surface area (Å²) in [5, 5.41) is 4.72. The minimum absolute atomic E-state index is 0.565. The number of nitrogens with one attached hydrogen (secondary N) is 1. The first kappa shape index (κ1) is 26.3. The van der Waals surface area contributed by atoms with E-state index in [1.54, 1.807) is 6.33 Å². The summed E-state index contributed by atoms with van der Waals surface area (Å²) in [4.78, 5) is 28.4. The van der Waals surface area contributed by atoms with Gasteiger partial charge in [-0.2, -0.15) is 0 Å². The first-order valence-corrected chi connectivity index (χ1v) is 14.7. The topological polar surface area (TPSA) is 55.5 Å². The van der Waals surface area contributed by atoms with E-state index in [9.17, 15) is 4.79 Å². The summed E-state index contributed by atoms with van der Waals surface area (Å²) in [5.74, 6) is 2.46. The number of imidazole rings is 1. The van der Waals surface area contributed by atoms with Gasteiger partial charge in [0.25, 0.3) is 0 Å². The molecule has 0 saturated carbocycles. The molecule has 5 aromatic rings. The van der Waals surface area contributed by atoms with Gasteiger partial charge in [0, 0.05) is 44.0 Å². The van der Waals surface area contributed by atoms with Gasteiger partial charge >= 0.3 is 0 Å². The van der Waals surface area contributed by atoms with E-state index in [0.717, 1.165) is 65.4 Å². The van der Waals surface area contributed by atoms with E-state index in [4.69, 9.17) is 4.98 Å². The standard InChI is InChI=1S/C36H35N5O/c1-25-35(38-24-37-25)36(2,29-16-15-26-9-4-5-11-28(26)21-29)41-22-32(31-14-8-12-27-10-6-7-13-30(27)31)34(33(41)23-42)40-19-17-39(3)18-20-40/h4-16,21,24H,17-20,22H2,1-3H3,(H,37,38). The van der Waals surface area contributed by atoms with E-state index in [1.807, 2.05) is 0 Å². The number of hydrogen-bond acceptors (Lipinski definition) is 5. The van der Waals surface area contributed by atoms with Gasteiger partial charge in [-0.1, -0.05) is 78.9 Å². The van der Waals surface area contributed by atoms with Crippen molar-refractivity contribution in [3.05, 3.63) is 125 Å². The first-order chi connectivity index (χ1) is 20.5. The molecular weight excluding hydrogens is 518 g/mol. The Morgan fingerprint density at radius 1 is 0.857 bits per heavy atom. The van der Waals surface area contributed by atoms with E-state index in [2.05, 4.69) is 131 Å². The van der Waals surface area contributed by atoms with Crippen LogP contribution in [0.4, 0.5) is 0 Å². The largest absolute Gasteiger partial charge is 0.366 e. The Morgan fingerprint density at radius 2 is 1.57 bits per heavy atom. The number of rotatable bonds is 5. The van der Waals surface area contributed by atoms with Gasteiger partial charge in [-0.3, -0.25) is 0 Å². The summed E-state index contributed by atoms with van der Waals surface area (Å²) < 4.78 is 0. The summed E-state index contributed by atoms with van der Waals surface area (Å²) in [6, 6.07) is 30.0. The highest BCUT2D eigenvalue weighted by Crippen LogP contribution is 2.47. The molecule has 0 bridgehead atoms. The average Bonchev–Trinajstić information content (AvgIpc) is 3.64. The number of nitrogens with zero attached hydrogens (tertiary/aromatic N) is 4. The van der Waals surface area contributed by atoms with Crippen molar-refractivity contribution in [2.24, 2.45) is 0 Å². The normalized spacial score (nSPS) is 17.7.